The molecule has 1 N–H and O–H groups in total. The summed E-state index contributed by atoms with van der Waals surface area (Å²) in [5.74, 6) is 0.980. The van der Waals surface area contributed by atoms with Crippen LogP contribution in [0.5, 0.6) is 0 Å². The van der Waals surface area contributed by atoms with Crippen molar-refractivity contribution in [2.75, 3.05) is 6.61 Å². The number of hydrogen-bond acceptors (Lipinski definition) is 2. The summed E-state index contributed by atoms with van der Waals surface area (Å²) in [5.41, 5.74) is 2.47. The van der Waals surface area contributed by atoms with Crippen molar-refractivity contribution in [2.45, 2.75) is 66.1 Å². The fraction of sp³-hybridized carbons (Fsp3) is 0.619. The minimum atomic E-state index is -0.217. The molecule has 0 aromatic heterocycles. The normalized spacial score (nSPS) is 16.1. The van der Waals surface area contributed by atoms with Gasteiger partial charge in [0.15, 0.2) is 0 Å². The molecule has 3 atom stereocenters. The Morgan fingerprint density at radius 3 is 2.57 bits per heavy atom. The Labute approximate surface area is 142 Å². The quantitative estimate of drug-likeness (QED) is 0.556. The Morgan fingerprint density at radius 2 is 1.91 bits per heavy atom. The lowest BCUT2D eigenvalue weighted by atomic mass is 9.94. The van der Waals surface area contributed by atoms with Crippen molar-refractivity contribution in [3.63, 3.8) is 0 Å². The Bertz CT molecular complexity index is 438. The minimum absolute atomic E-state index is 0.217. The van der Waals surface area contributed by atoms with Gasteiger partial charge in [-0.05, 0) is 37.2 Å². The fourth-order valence-corrected chi connectivity index (χ4v) is 3.07. The molecule has 1 rings (SSSR count). The summed E-state index contributed by atoms with van der Waals surface area (Å²) in [4.78, 5) is 0. The average molecular weight is 319 g/mol. The molecule has 23 heavy (non-hydrogen) atoms. The van der Waals surface area contributed by atoms with Crippen molar-refractivity contribution in [1.29, 1.82) is 0 Å². The van der Waals surface area contributed by atoms with Gasteiger partial charge in [0.2, 0.25) is 0 Å². The first-order chi connectivity index (χ1) is 11.0. The smallest absolute Gasteiger partial charge is 0.0717 e. The Hall–Kier alpha value is -1.12. The number of aliphatic hydroxyl groups is 1. The van der Waals surface area contributed by atoms with Crippen LogP contribution in [-0.4, -0.2) is 17.8 Å². The second-order valence-electron chi connectivity index (χ2n) is 6.98. The van der Waals surface area contributed by atoms with Gasteiger partial charge in [-0.2, -0.15) is 0 Å². The first kappa shape index (κ1) is 19.9. The summed E-state index contributed by atoms with van der Waals surface area (Å²) in [7, 11) is 0. The van der Waals surface area contributed by atoms with Crippen LogP contribution in [0.1, 0.15) is 58.9 Å². The van der Waals surface area contributed by atoms with Gasteiger partial charge in [0.1, 0.15) is 0 Å². The third kappa shape index (κ3) is 9.58. The molecule has 0 aliphatic rings. The van der Waals surface area contributed by atoms with Crippen molar-refractivity contribution in [3.05, 3.63) is 47.5 Å². The van der Waals surface area contributed by atoms with Gasteiger partial charge in [0.25, 0.3) is 0 Å². The molecule has 2 nitrogen and oxygen atoms in total. The number of aliphatic hydroxyl groups excluding tert-OH is 1. The lowest BCUT2D eigenvalue weighted by Crippen LogP contribution is -2.13. The molecule has 0 fully saturated rings. The molecule has 0 aliphatic heterocycles. The second kappa shape index (κ2) is 11.4. The monoisotopic (exact) mass is 318 g/mol. The molecular formula is C21H34O2. The first-order valence-electron chi connectivity index (χ1n) is 8.98. The van der Waals surface area contributed by atoms with E-state index in [4.69, 9.17) is 4.74 Å². The topological polar surface area (TPSA) is 29.5 Å². The summed E-state index contributed by atoms with van der Waals surface area (Å²) < 4.78 is 5.78. The molecular weight excluding hydrogens is 284 g/mol. The molecule has 0 radical (unpaired) electrons. The van der Waals surface area contributed by atoms with Gasteiger partial charge < -0.3 is 9.84 Å². The lowest BCUT2D eigenvalue weighted by Gasteiger charge is -2.17. The number of hydrogen-bond donors (Lipinski definition) is 1. The van der Waals surface area contributed by atoms with E-state index in [-0.39, 0.29) is 6.10 Å². The van der Waals surface area contributed by atoms with E-state index in [1.807, 2.05) is 18.2 Å². The van der Waals surface area contributed by atoms with Crippen LogP contribution in [-0.2, 0) is 11.3 Å². The van der Waals surface area contributed by atoms with Crippen LogP contribution in [0.3, 0.4) is 0 Å². The highest BCUT2D eigenvalue weighted by molar-refractivity contribution is 5.13. The molecule has 0 heterocycles. The molecule has 1 aromatic carbocycles. The Balaban J connectivity index is 2.27. The molecule has 2 heteroatoms. The lowest BCUT2D eigenvalue weighted by molar-refractivity contribution is 0.103. The van der Waals surface area contributed by atoms with Gasteiger partial charge in [-0.15, -0.1) is 0 Å². The van der Waals surface area contributed by atoms with Crippen LogP contribution in [0.25, 0.3) is 0 Å². The standard InChI is InChI=1S/C21H34O2/c1-5-9-17(2)13-21(22)14-18(3)12-19(4)15-23-16-20-10-7-6-8-11-20/h6-8,10-12,17,19,21-22H,5,9,13-16H2,1-4H3/b18-12+/t17-,19+,21+/m0/s1. The van der Waals surface area contributed by atoms with Gasteiger partial charge in [0, 0.05) is 0 Å². The Kier molecular flexibility index (Phi) is 9.89. The molecule has 0 amide bonds. The van der Waals surface area contributed by atoms with E-state index in [1.54, 1.807) is 0 Å². The minimum Gasteiger partial charge on any atom is -0.393 e. The van der Waals surface area contributed by atoms with E-state index in [2.05, 4.69) is 45.9 Å². The van der Waals surface area contributed by atoms with E-state index in [0.29, 0.717) is 25.0 Å². The number of ether oxygens (including phenoxy) is 1. The SMILES string of the molecule is CCC[C@H](C)C[C@@H](O)C/C(C)=C/[C@@H](C)COCc1ccccc1. The largest absolute Gasteiger partial charge is 0.393 e. The van der Waals surface area contributed by atoms with E-state index in [0.717, 1.165) is 12.8 Å². The van der Waals surface area contributed by atoms with Crippen molar-refractivity contribution >= 4 is 0 Å². The zero-order chi connectivity index (χ0) is 17.1. The van der Waals surface area contributed by atoms with Crippen LogP contribution >= 0.6 is 0 Å². The maximum atomic E-state index is 10.2. The first-order valence-corrected chi connectivity index (χ1v) is 8.98. The molecule has 0 saturated heterocycles. The average Bonchev–Trinajstić information content (AvgIpc) is 2.47. The van der Waals surface area contributed by atoms with Crippen LogP contribution < -0.4 is 0 Å². The summed E-state index contributed by atoms with van der Waals surface area (Å²) in [5, 5.41) is 10.2. The molecule has 1 aromatic rings. The zero-order valence-corrected chi connectivity index (χ0v) is 15.3. The van der Waals surface area contributed by atoms with Crippen molar-refractivity contribution < 1.29 is 9.84 Å². The zero-order valence-electron chi connectivity index (χ0n) is 15.3. The molecule has 0 saturated carbocycles. The molecule has 0 spiro atoms. The van der Waals surface area contributed by atoms with E-state index in [9.17, 15) is 5.11 Å². The van der Waals surface area contributed by atoms with Crippen LogP contribution in [0.4, 0.5) is 0 Å². The highest BCUT2D eigenvalue weighted by Crippen LogP contribution is 2.18. The summed E-state index contributed by atoms with van der Waals surface area (Å²) in [6.07, 6.45) is 6.08. The number of rotatable bonds is 11. The van der Waals surface area contributed by atoms with Crippen LogP contribution in [0.2, 0.25) is 0 Å². The number of benzene rings is 1. The van der Waals surface area contributed by atoms with Gasteiger partial charge in [-0.3, -0.25) is 0 Å². The van der Waals surface area contributed by atoms with Crippen LogP contribution in [0, 0.1) is 11.8 Å². The van der Waals surface area contributed by atoms with Crippen molar-refractivity contribution in [1.82, 2.24) is 0 Å². The van der Waals surface area contributed by atoms with Gasteiger partial charge in [0.05, 0.1) is 19.3 Å². The predicted molar refractivity (Wildman–Crippen MR) is 98.3 cm³/mol. The van der Waals surface area contributed by atoms with Crippen molar-refractivity contribution in [2.24, 2.45) is 11.8 Å². The molecule has 0 unspecified atom stereocenters. The highest BCUT2D eigenvalue weighted by Gasteiger charge is 2.11. The van der Waals surface area contributed by atoms with Gasteiger partial charge >= 0.3 is 0 Å². The van der Waals surface area contributed by atoms with E-state index >= 15 is 0 Å². The van der Waals surface area contributed by atoms with Gasteiger partial charge in [-0.25, -0.2) is 0 Å². The van der Waals surface area contributed by atoms with Crippen molar-refractivity contribution in [3.8, 4) is 0 Å². The maximum absolute atomic E-state index is 10.2. The molecule has 0 aliphatic carbocycles. The Morgan fingerprint density at radius 1 is 1.22 bits per heavy atom. The third-order valence-corrected chi connectivity index (χ3v) is 4.07. The summed E-state index contributed by atoms with van der Waals surface area (Å²) >= 11 is 0. The maximum Gasteiger partial charge on any atom is 0.0717 e. The van der Waals surface area contributed by atoms with Gasteiger partial charge in [-0.1, -0.05) is 75.6 Å². The fourth-order valence-electron chi connectivity index (χ4n) is 3.07. The third-order valence-electron chi connectivity index (χ3n) is 4.07. The summed E-state index contributed by atoms with van der Waals surface area (Å²) in [6.45, 7) is 10.1. The second-order valence-corrected chi connectivity index (χ2v) is 6.98. The highest BCUT2D eigenvalue weighted by atomic mass is 16.5. The van der Waals surface area contributed by atoms with E-state index < -0.39 is 0 Å². The molecule has 0 bridgehead atoms. The van der Waals surface area contributed by atoms with Crippen LogP contribution in [0.15, 0.2) is 42.0 Å². The molecule has 130 valence electrons. The predicted octanol–water partition coefficient (Wildman–Crippen LogP) is 5.36. The van der Waals surface area contributed by atoms with E-state index in [1.165, 1.54) is 24.0 Å². The summed E-state index contributed by atoms with van der Waals surface area (Å²) in [6, 6.07) is 10.3.